The topological polar surface area (TPSA) is 52.4 Å². The molecule has 3 aromatic rings. The minimum Gasteiger partial charge on any atom is -0.467 e. The van der Waals surface area contributed by atoms with Crippen LogP contribution in [0.5, 0.6) is 5.75 Å². The molecular weight excluding hydrogens is 403 g/mol. The Morgan fingerprint density at radius 1 is 1.03 bits per heavy atom. The molecule has 1 aromatic heterocycles. The largest absolute Gasteiger partial charge is 0.467 e. The van der Waals surface area contributed by atoms with Crippen molar-refractivity contribution in [2.45, 2.75) is 36.8 Å². The lowest BCUT2D eigenvalue weighted by Crippen LogP contribution is -2.31. The van der Waals surface area contributed by atoms with E-state index in [0.29, 0.717) is 12.4 Å². The number of fused-ring (bicyclic) bond motifs is 1. The van der Waals surface area contributed by atoms with Gasteiger partial charge in [0.15, 0.2) is 11.9 Å². The molecule has 0 spiro atoms. The molecule has 8 heteroatoms. The van der Waals surface area contributed by atoms with Crippen LogP contribution in [0.25, 0.3) is 5.69 Å². The summed E-state index contributed by atoms with van der Waals surface area (Å²) in [6.07, 6.45) is 3.59. The number of thioether (sulfide) groups is 1. The van der Waals surface area contributed by atoms with Crippen molar-refractivity contribution in [3.8, 4) is 11.4 Å². The van der Waals surface area contributed by atoms with Crippen LogP contribution < -0.4 is 9.64 Å². The van der Waals surface area contributed by atoms with Gasteiger partial charge in [-0.05, 0) is 43.5 Å². The van der Waals surface area contributed by atoms with Crippen molar-refractivity contribution in [3.63, 3.8) is 0 Å². The summed E-state index contributed by atoms with van der Waals surface area (Å²) >= 11 is 1.54. The van der Waals surface area contributed by atoms with E-state index in [1.807, 2.05) is 18.2 Å². The molecule has 2 aromatic carbocycles. The fourth-order valence-electron chi connectivity index (χ4n) is 3.96. The lowest BCUT2D eigenvalue weighted by molar-refractivity contribution is -0.0171. The van der Waals surface area contributed by atoms with Crippen LogP contribution in [0.1, 0.15) is 30.4 Å². The van der Waals surface area contributed by atoms with E-state index in [4.69, 9.17) is 9.47 Å². The van der Waals surface area contributed by atoms with Crippen LogP contribution in [-0.2, 0) is 17.1 Å². The van der Waals surface area contributed by atoms with Gasteiger partial charge in [-0.2, -0.15) is 0 Å². The third-order valence-electron chi connectivity index (χ3n) is 5.38. The van der Waals surface area contributed by atoms with Gasteiger partial charge >= 0.3 is 0 Å². The smallest absolute Gasteiger partial charge is 0.232 e. The number of aromatic nitrogens is 3. The molecule has 0 aliphatic carbocycles. The van der Waals surface area contributed by atoms with Crippen LogP contribution in [0.4, 0.5) is 10.3 Å². The molecule has 0 unspecified atom stereocenters. The van der Waals surface area contributed by atoms with E-state index in [1.165, 1.54) is 43.2 Å². The molecule has 6 nitrogen and oxygen atoms in total. The number of rotatable bonds is 5. The molecule has 3 heterocycles. The third-order valence-corrected chi connectivity index (χ3v) is 6.36. The Balaban J connectivity index is 1.47. The first-order chi connectivity index (χ1) is 14.8. The number of halogens is 1. The molecule has 5 rings (SSSR count). The van der Waals surface area contributed by atoms with Gasteiger partial charge in [-0.3, -0.25) is 4.57 Å². The number of ether oxygens (including phenoxy) is 2. The predicted octanol–water partition coefficient (Wildman–Crippen LogP) is 4.56. The number of benzene rings is 2. The highest BCUT2D eigenvalue weighted by molar-refractivity contribution is 7.98. The van der Waals surface area contributed by atoms with Crippen molar-refractivity contribution < 1.29 is 13.9 Å². The highest BCUT2D eigenvalue weighted by atomic mass is 32.2. The van der Waals surface area contributed by atoms with Crippen molar-refractivity contribution in [2.75, 3.05) is 24.8 Å². The fraction of sp³-hybridized carbons (Fsp3) is 0.364. The average Bonchev–Trinajstić information content (AvgIpc) is 3.22. The van der Waals surface area contributed by atoms with Crippen molar-refractivity contribution in [3.05, 3.63) is 59.4 Å². The molecule has 0 N–H and O–H groups in total. The Morgan fingerprint density at radius 3 is 2.70 bits per heavy atom. The summed E-state index contributed by atoms with van der Waals surface area (Å²) in [5, 5.41) is 9.80. The van der Waals surface area contributed by atoms with E-state index in [9.17, 15) is 4.39 Å². The van der Waals surface area contributed by atoms with Crippen LogP contribution >= 0.6 is 11.8 Å². The molecule has 156 valence electrons. The first kappa shape index (κ1) is 19.4. The zero-order valence-electron chi connectivity index (χ0n) is 16.6. The molecule has 2 aliphatic heterocycles. The van der Waals surface area contributed by atoms with Crippen molar-refractivity contribution in [2.24, 2.45) is 0 Å². The Morgan fingerprint density at radius 2 is 1.87 bits per heavy atom. The van der Waals surface area contributed by atoms with Crippen molar-refractivity contribution in [1.82, 2.24) is 14.8 Å². The molecule has 0 saturated carbocycles. The second-order valence-electron chi connectivity index (χ2n) is 7.45. The zero-order chi connectivity index (χ0) is 20.3. The monoisotopic (exact) mass is 426 g/mol. The molecule has 30 heavy (non-hydrogen) atoms. The van der Waals surface area contributed by atoms with E-state index in [0.717, 1.165) is 46.8 Å². The van der Waals surface area contributed by atoms with Gasteiger partial charge in [0.1, 0.15) is 11.6 Å². The second-order valence-corrected chi connectivity index (χ2v) is 8.40. The Hall–Kier alpha value is -2.58. The van der Waals surface area contributed by atoms with Crippen molar-refractivity contribution in [1.29, 1.82) is 0 Å². The number of hydrogen-bond donors (Lipinski definition) is 0. The van der Waals surface area contributed by atoms with Gasteiger partial charge in [-0.25, -0.2) is 4.39 Å². The lowest BCUT2D eigenvalue weighted by atomic mass is 10.1. The normalized spacial score (nSPS) is 16.2. The standard InChI is InChI=1S/C22H23FN4O2S/c23-18-11-16-13-28-15-29-20(16)17(12-18)14-30-22-25-24-21(26-9-5-2-6-10-26)27(22)19-7-3-1-4-8-19/h1,3-4,7-8,11-12H,2,5-6,9-10,13-15H2. The van der Waals surface area contributed by atoms with Gasteiger partial charge < -0.3 is 14.4 Å². The molecular formula is C22H23FN4O2S. The lowest BCUT2D eigenvalue weighted by Gasteiger charge is -2.27. The summed E-state index contributed by atoms with van der Waals surface area (Å²) < 4.78 is 27.2. The summed E-state index contributed by atoms with van der Waals surface area (Å²) in [5.41, 5.74) is 2.58. The molecule has 0 bridgehead atoms. The molecule has 0 atom stereocenters. The van der Waals surface area contributed by atoms with Gasteiger partial charge in [0.05, 0.1) is 12.3 Å². The predicted molar refractivity (Wildman–Crippen MR) is 114 cm³/mol. The summed E-state index contributed by atoms with van der Waals surface area (Å²) in [6, 6.07) is 13.2. The number of piperidine rings is 1. The van der Waals surface area contributed by atoms with Crippen LogP contribution in [0.2, 0.25) is 0 Å². The van der Waals surface area contributed by atoms with Crippen LogP contribution in [0.3, 0.4) is 0 Å². The Bertz CT molecular complexity index is 1020. The summed E-state index contributed by atoms with van der Waals surface area (Å²) in [4.78, 5) is 2.30. The minimum absolute atomic E-state index is 0.190. The van der Waals surface area contributed by atoms with Crippen LogP contribution in [-0.4, -0.2) is 34.6 Å². The van der Waals surface area contributed by atoms with Gasteiger partial charge in [0, 0.05) is 30.0 Å². The summed E-state index contributed by atoms with van der Waals surface area (Å²) in [7, 11) is 0. The van der Waals surface area contributed by atoms with E-state index >= 15 is 0 Å². The Labute approximate surface area is 179 Å². The maximum atomic E-state index is 14.1. The quantitative estimate of drug-likeness (QED) is 0.558. The van der Waals surface area contributed by atoms with E-state index < -0.39 is 0 Å². The minimum atomic E-state index is -0.281. The maximum absolute atomic E-state index is 14.1. The van der Waals surface area contributed by atoms with Gasteiger partial charge in [-0.15, -0.1) is 10.2 Å². The SMILES string of the molecule is Fc1cc2c(c(CSc3nnc(N4CCCCC4)n3-c3ccccc3)c1)OCOC2. The number of para-hydroxylation sites is 1. The van der Waals surface area contributed by atoms with Gasteiger partial charge in [0.25, 0.3) is 0 Å². The second kappa shape index (κ2) is 8.65. The average molecular weight is 427 g/mol. The molecule has 2 aliphatic rings. The van der Waals surface area contributed by atoms with Gasteiger partial charge in [0.2, 0.25) is 5.95 Å². The summed E-state index contributed by atoms with van der Waals surface area (Å²) in [5.74, 6) is 1.84. The third kappa shape index (κ3) is 3.89. The maximum Gasteiger partial charge on any atom is 0.232 e. The van der Waals surface area contributed by atoms with Gasteiger partial charge in [-0.1, -0.05) is 30.0 Å². The number of nitrogens with zero attached hydrogens (tertiary/aromatic N) is 4. The van der Waals surface area contributed by atoms with Crippen LogP contribution in [0.15, 0.2) is 47.6 Å². The zero-order valence-corrected chi connectivity index (χ0v) is 17.4. The molecule has 0 radical (unpaired) electrons. The molecule has 1 saturated heterocycles. The van der Waals surface area contributed by atoms with E-state index in [1.54, 1.807) is 0 Å². The molecule has 1 fully saturated rings. The Kier molecular flexibility index (Phi) is 5.59. The van der Waals surface area contributed by atoms with E-state index in [2.05, 4.69) is 31.8 Å². The highest BCUT2D eigenvalue weighted by Crippen LogP contribution is 2.35. The first-order valence-corrected chi connectivity index (χ1v) is 11.2. The van der Waals surface area contributed by atoms with E-state index in [-0.39, 0.29) is 12.6 Å². The highest BCUT2D eigenvalue weighted by Gasteiger charge is 2.23. The fourth-order valence-corrected chi connectivity index (χ4v) is 4.88. The van der Waals surface area contributed by atoms with Crippen LogP contribution in [0, 0.1) is 5.82 Å². The number of anilines is 1. The summed E-state index contributed by atoms with van der Waals surface area (Å²) in [6.45, 7) is 2.53. The molecule has 0 amide bonds. The first-order valence-electron chi connectivity index (χ1n) is 10.2. The van der Waals surface area contributed by atoms with Crippen molar-refractivity contribution >= 4 is 17.7 Å². The number of hydrogen-bond acceptors (Lipinski definition) is 6.